The number of benzene rings is 5. The SMILES string of the molecule is CC(C)(C)c1cc([C@H](N[S@+]([O-])C(C)(C)C)c2c(CP(c3ccccc3)c3ccccc3)n(S(=O)(=O)c3ccccc3)c3ccccc23)cc(C(C)(C)C)c1. The molecule has 0 saturated heterocycles. The highest BCUT2D eigenvalue weighted by Crippen LogP contribution is 2.46. The molecule has 0 unspecified atom stereocenters. The Hall–Kier alpha value is -3.71. The highest BCUT2D eigenvalue weighted by atomic mass is 32.2. The number of nitrogens with zero attached hydrogens (tertiary/aromatic N) is 1. The first-order chi connectivity index (χ1) is 25.4. The average Bonchev–Trinajstić information content (AvgIpc) is 3.46. The Morgan fingerprint density at radius 2 is 1.13 bits per heavy atom. The first-order valence-electron chi connectivity index (χ1n) is 18.5. The topological polar surface area (TPSA) is 74.2 Å². The minimum atomic E-state index is -4.10. The van der Waals surface area contributed by atoms with Crippen molar-refractivity contribution in [3.63, 3.8) is 0 Å². The van der Waals surface area contributed by atoms with E-state index in [4.69, 9.17) is 0 Å². The van der Waals surface area contributed by atoms with E-state index >= 15 is 8.42 Å². The third-order valence-corrected chi connectivity index (χ3v) is 15.6. The quantitative estimate of drug-likeness (QED) is 0.111. The van der Waals surface area contributed by atoms with Crippen molar-refractivity contribution in [2.24, 2.45) is 0 Å². The number of hydrogen-bond acceptors (Lipinski definition) is 4. The molecule has 0 amide bonds. The summed E-state index contributed by atoms with van der Waals surface area (Å²) in [4.78, 5) is 0.217. The molecule has 54 heavy (non-hydrogen) atoms. The molecule has 0 aliphatic carbocycles. The summed E-state index contributed by atoms with van der Waals surface area (Å²) in [7, 11) is -5.18. The Morgan fingerprint density at radius 1 is 0.667 bits per heavy atom. The van der Waals surface area contributed by atoms with E-state index in [-0.39, 0.29) is 15.7 Å². The maximum Gasteiger partial charge on any atom is 0.268 e. The van der Waals surface area contributed by atoms with Crippen LogP contribution >= 0.6 is 7.92 Å². The largest absolute Gasteiger partial charge is 0.598 e. The van der Waals surface area contributed by atoms with Crippen molar-refractivity contribution >= 4 is 50.8 Å². The van der Waals surface area contributed by atoms with Crippen molar-refractivity contribution in [1.82, 2.24) is 8.69 Å². The molecule has 1 heterocycles. The van der Waals surface area contributed by atoms with Gasteiger partial charge in [0.2, 0.25) is 0 Å². The first kappa shape index (κ1) is 40.0. The van der Waals surface area contributed by atoms with E-state index in [0.29, 0.717) is 17.4 Å². The predicted molar refractivity (Wildman–Crippen MR) is 230 cm³/mol. The smallest absolute Gasteiger partial charge is 0.268 e. The van der Waals surface area contributed by atoms with Gasteiger partial charge in [-0.25, -0.2) is 12.4 Å². The number of fused-ring (bicyclic) bond motifs is 1. The maximum absolute atomic E-state index is 15.1. The third kappa shape index (κ3) is 8.41. The zero-order valence-electron chi connectivity index (χ0n) is 32.9. The van der Waals surface area contributed by atoms with Crippen molar-refractivity contribution in [2.75, 3.05) is 0 Å². The van der Waals surface area contributed by atoms with E-state index in [1.807, 2.05) is 87.5 Å². The molecule has 0 spiro atoms. The Bertz CT molecular complexity index is 2250. The van der Waals surface area contributed by atoms with Gasteiger partial charge in [-0.3, -0.25) is 0 Å². The second-order valence-corrected chi connectivity index (χ2v) is 23.0. The highest BCUT2D eigenvalue weighted by molar-refractivity contribution is 7.91. The summed E-state index contributed by atoms with van der Waals surface area (Å²) in [6, 6.07) is 43.4. The van der Waals surface area contributed by atoms with Gasteiger partial charge in [-0.1, -0.05) is 157 Å². The van der Waals surface area contributed by atoms with Gasteiger partial charge in [0, 0.05) is 34.2 Å². The summed E-state index contributed by atoms with van der Waals surface area (Å²) in [6.45, 7) is 19.2. The van der Waals surface area contributed by atoms with Crippen LogP contribution in [0.4, 0.5) is 0 Å². The van der Waals surface area contributed by atoms with Gasteiger partial charge >= 0.3 is 0 Å². The molecule has 0 aliphatic rings. The van der Waals surface area contributed by atoms with Gasteiger partial charge in [0.15, 0.2) is 0 Å². The van der Waals surface area contributed by atoms with E-state index in [1.165, 1.54) is 0 Å². The van der Waals surface area contributed by atoms with Crippen LogP contribution in [0.25, 0.3) is 10.9 Å². The molecule has 8 heteroatoms. The van der Waals surface area contributed by atoms with Gasteiger partial charge in [0.25, 0.3) is 10.0 Å². The van der Waals surface area contributed by atoms with Crippen LogP contribution in [-0.2, 0) is 38.4 Å². The molecule has 0 fully saturated rings. The van der Waals surface area contributed by atoms with E-state index < -0.39 is 40.1 Å². The standard InChI is InChI=1S/C46H53N2O3PS2/c1-44(2,3)34-29-33(30-35(31-34)45(4,5)6)43(47-53(49)46(7,8)9)42-39-27-19-20-28-40(39)48(54(50,51)38-25-17-12-18-26-38)41(42)32-52(36-21-13-10-14-22-36)37-23-15-11-16-24-37/h10-31,43,47H,32H2,1-9H3/t43-,53+/m0/s1. The first-order valence-corrected chi connectivity index (χ1v) is 22.6. The van der Waals surface area contributed by atoms with Crippen LogP contribution in [0.5, 0.6) is 0 Å². The van der Waals surface area contributed by atoms with Gasteiger partial charge in [-0.2, -0.15) is 0 Å². The highest BCUT2D eigenvalue weighted by Gasteiger charge is 2.38. The second-order valence-electron chi connectivity index (χ2n) is 17.0. The number of para-hydroxylation sites is 1. The summed E-state index contributed by atoms with van der Waals surface area (Å²) >= 11 is -1.51. The monoisotopic (exact) mass is 776 g/mol. The Morgan fingerprint density at radius 3 is 1.61 bits per heavy atom. The summed E-state index contributed by atoms with van der Waals surface area (Å²) in [5.41, 5.74) is 5.04. The van der Waals surface area contributed by atoms with Crippen molar-refractivity contribution in [1.29, 1.82) is 0 Å². The Balaban J connectivity index is 1.76. The molecular formula is C46H53N2O3PS2. The van der Waals surface area contributed by atoms with Crippen LogP contribution in [-0.4, -0.2) is 21.7 Å². The molecule has 2 atom stereocenters. The van der Waals surface area contributed by atoms with Crippen LogP contribution in [0.1, 0.15) is 96.3 Å². The normalized spacial score (nSPS) is 14.1. The van der Waals surface area contributed by atoms with Crippen LogP contribution in [0, 0.1) is 0 Å². The molecule has 5 aromatic carbocycles. The van der Waals surface area contributed by atoms with Crippen LogP contribution in [0.15, 0.2) is 138 Å². The lowest BCUT2D eigenvalue weighted by molar-refractivity contribution is 0.534. The van der Waals surface area contributed by atoms with E-state index in [2.05, 4.69) is 88.7 Å². The van der Waals surface area contributed by atoms with Crippen molar-refractivity contribution in [3.05, 3.63) is 161 Å². The predicted octanol–water partition coefficient (Wildman–Crippen LogP) is 10.2. The summed E-state index contributed by atoms with van der Waals surface area (Å²) in [6.07, 6.45) is 0.435. The van der Waals surface area contributed by atoms with E-state index in [9.17, 15) is 4.55 Å². The Kier molecular flexibility index (Phi) is 11.4. The number of hydrogen-bond donors (Lipinski definition) is 1. The van der Waals surface area contributed by atoms with Gasteiger partial charge in [-0.05, 0) is 85.0 Å². The van der Waals surface area contributed by atoms with Gasteiger partial charge < -0.3 is 4.55 Å². The van der Waals surface area contributed by atoms with E-state index in [0.717, 1.165) is 38.2 Å². The maximum atomic E-state index is 15.1. The molecule has 0 saturated carbocycles. The van der Waals surface area contributed by atoms with Crippen molar-refractivity contribution in [3.8, 4) is 0 Å². The molecule has 5 nitrogen and oxygen atoms in total. The summed E-state index contributed by atoms with van der Waals surface area (Å²) < 4.78 is 49.3. The van der Waals surface area contributed by atoms with Crippen molar-refractivity contribution < 1.29 is 13.0 Å². The number of nitrogens with one attached hydrogen (secondary N) is 1. The molecule has 6 rings (SSSR count). The summed E-state index contributed by atoms with van der Waals surface area (Å²) in [5.74, 6) is 0. The molecule has 0 radical (unpaired) electrons. The minimum Gasteiger partial charge on any atom is -0.598 e. The zero-order chi connectivity index (χ0) is 39.1. The van der Waals surface area contributed by atoms with Crippen LogP contribution in [0.2, 0.25) is 0 Å². The molecule has 6 aromatic rings. The fraction of sp³-hybridized carbons (Fsp3) is 0.304. The molecule has 0 aliphatic heterocycles. The average molecular weight is 777 g/mol. The lowest BCUT2D eigenvalue weighted by Gasteiger charge is -2.32. The number of aromatic nitrogens is 1. The third-order valence-electron chi connectivity index (χ3n) is 9.78. The number of rotatable bonds is 10. The molecular weight excluding hydrogens is 724 g/mol. The zero-order valence-corrected chi connectivity index (χ0v) is 35.4. The van der Waals surface area contributed by atoms with Gasteiger partial charge in [-0.15, -0.1) is 4.72 Å². The molecule has 1 N–H and O–H groups in total. The van der Waals surface area contributed by atoms with Crippen LogP contribution in [0.3, 0.4) is 0 Å². The van der Waals surface area contributed by atoms with Gasteiger partial charge in [0.05, 0.1) is 10.4 Å². The fourth-order valence-electron chi connectivity index (χ4n) is 6.69. The Labute approximate surface area is 327 Å². The second kappa shape index (κ2) is 15.4. The lowest BCUT2D eigenvalue weighted by Crippen LogP contribution is -2.42. The van der Waals surface area contributed by atoms with E-state index in [1.54, 1.807) is 28.2 Å². The fourth-order valence-corrected chi connectivity index (χ4v) is 11.5. The lowest BCUT2D eigenvalue weighted by atomic mass is 9.78. The molecule has 0 bridgehead atoms. The molecule has 282 valence electrons. The van der Waals surface area contributed by atoms with Crippen molar-refractivity contribution in [2.45, 2.75) is 95.0 Å². The van der Waals surface area contributed by atoms with Gasteiger partial charge in [0.1, 0.15) is 10.8 Å². The van der Waals surface area contributed by atoms with Crippen LogP contribution < -0.4 is 15.3 Å². The minimum absolute atomic E-state index is 0.174. The molecule has 1 aromatic heterocycles. The summed E-state index contributed by atoms with van der Waals surface area (Å²) in [5, 5.41) is 3.10.